The molecule has 1 aromatic rings. The molecule has 1 atom stereocenters. The van der Waals surface area contributed by atoms with Crippen molar-refractivity contribution in [2.24, 2.45) is 5.92 Å². The van der Waals surface area contributed by atoms with Crippen LogP contribution in [0.15, 0.2) is 0 Å². The first-order valence-electron chi connectivity index (χ1n) is 7.59. The van der Waals surface area contributed by atoms with Crippen molar-refractivity contribution in [2.45, 2.75) is 43.7 Å². The fourth-order valence-corrected chi connectivity index (χ4v) is 3.50. The first-order valence-corrected chi connectivity index (χ1v) is 7.59. The third-order valence-electron chi connectivity index (χ3n) is 4.91. The average molecular weight is 279 g/mol. The second kappa shape index (κ2) is 4.66. The molecule has 0 radical (unpaired) electrons. The Morgan fingerprint density at radius 1 is 1.20 bits per heavy atom. The van der Waals surface area contributed by atoms with Gasteiger partial charge in [-0.25, -0.2) is 4.68 Å². The van der Waals surface area contributed by atoms with Crippen LogP contribution in [0.4, 0.5) is 5.95 Å². The minimum Gasteiger partial charge on any atom is -0.388 e. The molecule has 7 nitrogen and oxygen atoms in total. The molecule has 3 aliphatic rings. The number of hydrogen-bond donors (Lipinski definition) is 1. The van der Waals surface area contributed by atoms with E-state index in [2.05, 4.69) is 20.4 Å². The zero-order valence-electron chi connectivity index (χ0n) is 11.6. The molecule has 0 amide bonds. The topological polar surface area (TPSA) is 76.3 Å². The van der Waals surface area contributed by atoms with E-state index < -0.39 is 5.60 Å². The monoisotopic (exact) mass is 279 g/mol. The van der Waals surface area contributed by atoms with Gasteiger partial charge < -0.3 is 14.7 Å². The van der Waals surface area contributed by atoms with Crippen molar-refractivity contribution in [3.8, 4) is 0 Å². The third-order valence-corrected chi connectivity index (χ3v) is 4.91. The van der Waals surface area contributed by atoms with E-state index in [4.69, 9.17) is 4.74 Å². The van der Waals surface area contributed by atoms with Crippen molar-refractivity contribution in [1.82, 2.24) is 20.2 Å². The van der Waals surface area contributed by atoms with Gasteiger partial charge in [0, 0.05) is 26.3 Å². The number of hydrogen-bond acceptors (Lipinski definition) is 6. The van der Waals surface area contributed by atoms with Gasteiger partial charge in [0.25, 0.3) is 0 Å². The number of anilines is 1. The number of aromatic nitrogens is 4. The van der Waals surface area contributed by atoms with Gasteiger partial charge in [0.1, 0.15) is 0 Å². The lowest BCUT2D eigenvalue weighted by Crippen LogP contribution is -2.36. The van der Waals surface area contributed by atoms with Crippen molar-refractivity contribution >= 4 is 5.95 Å². The van der Waals surface area contributed by atoms with E-state index in [1.807, 2.05) is 4.68 Å². The van der Waals surface area contributed by atoms with Crippen LogP contribution < -0.4 is 4.90 Å². The Morgan fingerprint density at radius 3 is 2.75 bits per heavy atom. The van der Waals surface area contributed by atoms with Crippen molar-refractivity contribution in [3.05, 3.63) is 0 Å². The minimum atomic E-state index is -0.521. The molecular formula is C13H21N5O2. The Balaban J connectivity index is 1.53. The highest BCUT2D eigenvalue weighted by Gasteiger charge is 2.49. The summed E-state index contributed by atoms with van der Waals surface area (Å²) in [6.45, 7) is 3.06. The molecule has 2 aliphatic heterocycles. The Morgan fingerprint density at radius 2 is 2.00 bits per heavy atom. The Bertz CT molecular complexity index is 483. The summed E-state index contributed by atoms with van der Waals surface area (Å²) >= 11 is 0. The molecule has 1 N–H and O–H groups in total. The van der Waals surface area contributed by atoms with Crippen LogP contribution in [0.5, 0.6) is 0 Å². The van der Waals surface area contributed by atoms with Crippen molar-refractivity contribution in [1.29, 1.82) is 0 Å². The Labute approximate surface area is 117 Å². The van der Waals surface area contributed by atoms with E-state index in [0.717, 1.165) is 57.8 Å². The summed E-state index contributed by atoms with van der Waals surface area (Å²) in [5, 5.41) is 22.9. The average Bonchev–Trinajstić information content (AvgIpc) is 3.10. The number of β-amino-alcohol motifs (C(OH)–C–C–N with tert-alkyl or cyclic N) is 1. The van der Waals surface area contributed by atoms with E-state index in [1.54, 1.807) is 0 Å². The largest absolute Gasteiger partial charge is 0.388 e. The fourth-order valence-electron chi connectivity index (χ4n) is 3.50. The van der Waals surface area contributed by atoms with Gasteiger partial charge in [0.05, 0.1) is 11.6 Å². The summed E-state index contributed by atoms with van der Waals surface area (Å²) in [5.74, 6) is 1.30. The summed E-state index contributed by atoms with van der Waals surface area (Å²) in [4.78, 5) is 2.15. The van der Waals surface area contributed by atoms with Gasteiger partial charge >= 0.3 is 0 Å². The third kappa shape index (κ3) is 2.09. The van der Waals surface area contributed by atoms with Gasteiger partial charge in [0.15, 0.2) is 0 Å². The normalized spacial score (nSPS) is 31.9. The van der Waals surface area contributed by atoms with Crippen LogP contribution in [0.2, 0.25) is 0 Å². The molecule has 0 aromatic carbocycles. The quantitative estimate of drug-likeness (QED) is 0.862. The molecule has 1 aliphatic carbocycles. The molecule has 110 valence electrons. The van der Waals surface area contributed by atoms with Crippen LogP contribution in [0, 0.1) is 5.92 Å². The van der Waals surface area contributed by atoms with E-state index in [-0.39, 0.29) is 0 Å². The maximum atomic E-state index is 10.7. The summed E-state index contributed by atoms with van der Waals surface area (Å²) in [5.41, 5.74) is -0.521. The number of aliphatic hydroxyl groups is 1. The molecule has 2 saturated heterocycles. The van der Waals surface area contributed by atoms with Gasteiger partial charge in [0.2, 0.25) is 5.95 Å². The molecule has 0 bridgehead atoms. The number of ether oxygens (including phenoxy) is 1. The molecule has 3 heterocycles. The lowest BCUT2D eigenvalue weighted by Gasteiger charge is -2.26. The van der Waals surface area contributed by atoms with Crippen LogP contribution >= 0.6 is 0 Å². The predicted octanol–water partition coefficient (Wildman–Crippen LogP) is 0.376. The van der Waals surface area contributed by atoms with Crippen LogP contribution in [-0.2, 0) is 4.74 Å². The second-order valence-electron chi connectivity index (χ2n) is 6.32. The van der Waals surface area contributed by atoms with E-state index in [9.17, 15) is 5.11 Å². The van der Waals surface area contributed by atoms with Crippen molar-refractivity contribution in [3.63, 3.8) is 0 Å². The number of nitrogens with zero attached hydrogens (tertiary/aromatic N) is 5. The van der Waals surface area contributed by atoms with E-state index in [1.165, 1.54) is 0 Å². The highest BCUT2D eigenvalue weighted by molar-refractivity contribution is 5.33. The molecule has 1 unspecified atom stereocenters. The lowest BCUT2D eigenvalue weighted by atomic mass is 9.97. The predicted molar refractivity (Wildman–Crippen MR) is 71.4 cm³/mol. The molecule has 20 heavy (non-hydrogen) atoms. The molecule has 1 aromatic heterocycles. The lowest BCUT2D eigenvalue weighted by molar-refractivity contribution is 0.0397. The highest BCUT2D eigenvalue weighted by Crippen LogP contribution is 2.45. The van der Waals surface area contributed by atoms with Crippen LogP contribution in [0.3, 0.4) is 0 Å². The molecule has 7 heteroatoms. The van der Waals surface area contributed by atoms with Gasteiger partial charge in [-0.05, 0) is 48.4 Å². The fraction of sp³-hybridized carbons (Fsp3) is 0.923. The summed E-state index contributed by atoms with van der Waals surface area (Å²) < 4.78 is 7.33. The Kier molecular flexibility index (Phi) is 2.92. The number of rotatable bonds is 3. The minimum absolute atomic E-state index is 0.323. The van der Waals surface area contributed by atoms with Crippen LogP contribution in [-0.4, -0.2) is 57.2 Å². The highest BCUT2D eigenvalue weighted by atomic mass is 16.5. The second-order valence-corrected chi connectivity index (χ2v) is 6.32. The first-order chi connectivity index (χ1) is 9.76. The smallest absolute Gasteiger partial charge is 0.245 e. The SMILES string of the molecule is OC1(C2CC2)CCN(c2nnnn2C2CCOCC2)C1. The molecular weight excluding hydrogens is 258 g/mol. The number of tetrazole rings is 1. The van der Waals surface area contributed by atoms with Gasteiger partial charge in [-0.15, -0.1) is 0 Å². The molecule has 4 rings (SSSR count). The summed E-state index contributed by atoms with van der Waals surface area (Å²) in [6.07, 6.45) is 5.07. The summed E-state index contributed by atoms with van der Waals surface area (Å²) in [6, 6.07) is 0.323. The molecule has 3 fully saturated rings. The van der Waals surface area contributed by atoms with Crippen LogP contribution in [0.25, 0.3) is 0 Å². The van der Waals surface area contributed by atoms with Gasteiger partial charge in [-0.3, -0.25) is 0 Å². The Hall–Kier alpha value is -1.21. The zero-order valence-corrected chi connectivity index (χ0v) is 11.6. The molecule has 0 spiro atoms. The van der Waals surface area contributed by atoms with E-state index >= 15 is 0 Å². The summed E-state index contributed by atoms with van der Waals surface area (Å²) in [7, 11) is 0. The van der Waals surface area contributed by atoms with Crippen LogP contribution in [0.1, 0.15) is 38.1 Å². The molecule has 1 saturated carbocycles. The zero-order chi connectivity index (χ0) is 13.6. The van der Waals surface area contributed by atoms with E-state index in [0.29, 0.717) is 18.5 Å². The maximum absolute atomic E-state index is 10.7. The van der Waals surface area contributed by atoms with Crippen molar-refractivity contribution in [2.75, 3.05) is 31.2 Å². The van der Waals surface area contributed by atoms with Gasteiger partial charge in [-0.1, -0.05) is 5.10 Å². The maximum Gasteiger partial charge on any atom is 0.245 e. The van der Waals surface area contributed by atoms with Crippen molar-refractivity contribution < 1.29 is 9.84 Å². The van der Waals surface area contributed by atoms with Gasteiger partial charge in [-0.2, -0.15) is 0 Å². The standard InChI is InChI=1S/C13H21N5O2/c19-13(10-1-2-10)5-6-17(9-13)12-14-15-16-18(12)11-3-7-20-8-4-11/h10-11,19H,1-9H2. The first kappa shape index (κ1) is 12.5.